The van der Waals surface area contributed by atoms with Crippen molar-refractivity contribution < 1.29 is 4.39 Å². The van der Waals surface area contributed by atoms with Crippen LogP contribution >= 0.6 is 27.5 Å². The van der Waals surface area contributed by atoms with Crippen LogP contribution < -0.4 is 5.32 Å². The average molecular weight is 371 g/mol. The van der Waals surface area contributed by atoms with E-state index in [0.717, 1.165) is 10.0 Å². The summed E-state index contributed by atoms with van der Waals surface area (Å²) in [6.07, 6.45) is 0.646. The van der Waals surface area contributed by atoms with Gasteiger partial charge < -0.3 is 5.32 Å². The van der Waals surface area contributed by atoms with E-state index >= 15 is 0 Å². The van der Waals surface area contributed by atoms with E-state index in [9.17, 15) is 4.39 Å². The zero-order chi connectivity index (χ0) is 15.6. The van der Waals surface area contributed by atoms with Gasteiger partial charge in [-0.3, -0.25) is 0 Å². The van der Waals surface area contributed by atoms with Gasteiger partial charge in [-0.1, -0.05) is 39.7 Å². The minimum atomic E-state index is -0.257. The van der Waals surface area contributed by atoms with Crippen molar-refractivity contribution in [3.05, 3.63) is 67.9 Å². The van der Waals surface area contributed by atoms with Crippen LogP contribution in [-0.2, 0) is 6.42 Å². The van der Waals surface area contributed by atoms with Gasteiger partial charge in [0, 0.05) is 15.5 Å². The largest absolute Gasteiger partial charge is 0.313 e. The van der Waals surface area contributed by atoms with Gasteiger partial charge in [0.25, 0.3) is 0 Å². The standard InChI is InChI=1S/C17H18BrClFN/c1-10-6-13(7-11(2)17(10)18)16(21-3)9-12-8-14(20)4-5-15(12)19/h4-8,16,21H,9H2,1-3H3. The zero-order valence-corrected chi connectivity index (χ0v) is 14.6. The molecule has 2 rings (SSSR count). The van der Waals surface area contributed by atoms with E-state index in [1.54, 1.807) is 6.07 Å². The molecule has 1 N–H and O–H groups in total. The van der Waals surface area contributed by atoms with Crippen molar-refractivity contribution in [1.29, 1.82) is 0 Å². The van der Waals surface area contributed by atoms with E-state index in [0.29, 0.717) is 11.4 Å². The van der Waals surface area contributed by atoms with Gasteiger partial charge in [-0.25, -0.2) is 4.39 Å². The molecule has 1 nitrogen and oxygen atoms in total. The lowest BCUT2D eigenvalue weighted by Crippen LogP contribution is -2.19. The van der Waals surface area contributed by atoms with Crippen LogP contribution in [0.4, 0.5) is 4.39 Å². The van der Waals surface area contributed by atoms with Crippen LogP contribution in [0, 0.1) is 19.7 Å². The summed E-state index contributed by atoms with van der Waals surface area (Å²) in [4.78, 5) is 0. The molecular weight excluding hydrogens is 353 g/mol. The Morgan fingerprint density at radius 3 is 2.38 bits per heavy atom. The van der Waals surface area contributed by atoms with Crippen LogP contribution in [0.3, 0.4) is 0 Å². The SMILES string of the molecule is CNC(Cc1cc(F)ccc1Cl)c1cc(C)c(Br)c(C)c1. The molecule has 0 aliphatic rings. The Morgan fingerprint density at radius 1 is 1.19 bits per heavy atom. The second-order valence-corrected chi connectivity index (χ2v) is 6.45. The molecule has 0 saturated carbocycles. The van der Waals surface area contributed by atoms with Gasteiger partial charge in [0.15, 0.2) is 0 Å². The van der Waals surface area contributed by atoms with Crippen molar-refractivity contribution in [3.8, 4) is 0 Å². The van der Waals surface area contributed by atoms with Crippen LogP contribution in [0.25, 0.3) is 0 Å². The van der Waals surface area contributed by atoms with Crippen molar-refractivity contribution in [1.82, 2.24) is 5.32 Å². The maximum atomic E-state index is 13.4. The first kappa shape index (κ1) is 16.5. The number of rotatable bonds is 4. The molecule has 0 saturated heterocycles. The molecule has 4 heteroatoms. The predicted octanol–water partition coefficient (Wildman–Crippen LogP) is 5.36. The zero-order valence-electron chi connectivity index (χ0n) is 12.3. The third-order valence-corrected chi connectivity index (χ3v) is 5.26. The number of hydrogen-bond donors (Lipinski definition) is 1. The van der Waals surface area contributed by atoms with Gasteiger partial charge in [0.2, 0.25) is 0 Å². The van der Waals surface area contributed by atoms with Crippen molar-refractivity contribution in [2.45, 2.75) is 26.3 Å². The van der Waals surface area contributed by atoms with Gasteiger partial charge in [0.1, 0.15) is 5.82 Å². The Kier molecular flexibility index (Phi) is 5.42. The van der Waals surface area contributed by atoms with Gasteiger partial charge >= 0.3 is 0 Å². The smallest absolute Gasteiger partial charge is 0.123 e. The molecule has 0 radical (unpaired) electrons. The first-order valence-corrected chi connectivity index (χ1v) is 7.97. The Morgan fingerprint density at radius 2 is 1.81 bits per heavy atom. The molecule has 0 spiro atoms. The Bertz CT molecular complexity index is 634. The normalized spacial score (nSPS) is 12.5. The molecule has 1 atom stereocenters. The van der Waals surface area contributed by atoms with Crippen LogP contribution in [-0.4, -0.2) is 7.05 Å². The minimum Gasteiger partial charge on any atom is -0.313 e. The molecule has 0 heterocycles. The molecule has 2 aromatic rings. The molecule has 0 fully saturated rings. The molecule has 112 valence electrons. The molecule has 0 bridgehead atoms. The third-order valence-electron chi connectivity index (χ3n) is 3.64. The number of likely N-dealkylation sites (N-methyl/N-ethyl adjacent to an activating group) is 1. The lowest BCUT2D eigenvalue weighted by atomic mass is 9.96. The van der Waals surface area contributed by atoms with Gasteiger partial charge in [0.05, 0.1) is 0 Å². The highest BCUT2D eigenvalue weighted by Gasteiger charge is 2.15. The number of benzene rings is 2. The van der Waals surface area contributed by atoms with Gasteiger partial charge in [-0.05, 0) is 67.8 Å². The van der Waals surface area contributed by atoms with E-state index in [1.807, 2.05) is 7.05 Å². The Hall–Kier alpha value is -0.900. The highest BCUT2D eigenvalue weighted by atomic mass is 79.9. The highest BCUT2D eigenvalue weighted by Crippen LogP contribution is 2.29. The number of hydrogen-bond acceptors (Lipinski definition) is 1. The van der Waals surface area contributed by atoms with Crippen LogP contribution in [0.5, 0.6) is 0 Å². The Balaban J connectivity index is 2.34. The summed E-state index contributed by atoms with van der Waals surface area (Å²) >= 11 is 9.75. The van der Waals surface area contributed by atoms with Crippen LogP contribution in [0.2, 0.25) is 5.02 Å². The van der Waals surface area contributed by atoms with E-state index < -0.39 is 0 Å². The highest BCUT2D eigenvalue weighted by molar-refractivity contribution is 9.10. The first-order valence-electron chi connectivity index (χ1n) is 6.80. The third kappa shape index (κ3) is 3.85. The summed E-state index contributed by atoms with van der Waals surface area (Å²) in [6, 6.07) is 8.88. The molecule has 0 aliphatic carbocycles. The molecular formula is C17H18BrClFN. The second kappa shape index (κ2) is 6.91. The summed E-state index contributed by atoms with van der Waals surface area (Å²) in [7, 11) is 1.91. The first-order chi connectivity index (χ1) is 9.92. The molecule has 0 aromatic heterocycles. The summed E-state index contributed by atoms with van der Waals surface area (Å²) in [5, 5.41) is 3.89. The van der Waals surface area contributed by atoms with Gasteiger partial charge in [-0.15, -0.1) is 0 Å². The summed E-state index contributed by atoms with van der Waals surface area (Å²) in [5.74, 6) is -0.257. The summed E-state index contributed by atoms with van der Waals surface area (Å²) < 4.78 is 14.5. The number of halogens is 3. The fourth-order valence-electron chi connectivity index (χ4n) is 2.49. The van der Waals surface area contributed by atoms with Crippen molar-refractivity contribution in [2.24, 2.45) is 0 Å². The van der Waals surface area contributed by atoms with Crippen molar-refractivity contribution in [2.75, 3.05) is 7.05 Å². The quantitative estimate of drug-likeness (QED) is 0.764. The lowest BCUT2D eigenvalue weighted by Gasteiger charge is -2.19. The molecule has 1 unspecified atom stereocenters. The Labute approximate surface area is 138 Å². The monoisotopic (exact) mass is 369 g/mol. The molecule has 0 aliphatic heterocycles. The fourth-order valence-corrected chi connectivity index (χ4v) is 2.91. The van der Waals surface area contributed by atoms with Crippen LogP contribution in [0.15, 0.2) is 34.8 Å². The van der Waals surface area contributed by atoms with Gasteiger partial charge in [-0.2, -0.15) is 0 Å². The topological polar surface area (TPSA) is 12.0 Å². The van der Waals surface area contributed by atoms with E-state index in [1.165, 1.54) is 28.8 Å². The molecule has 0 amide bonds. The van der Waals surface area contributed by atoms with Crippen LogP contribution in [0.1, 0.15) is 28.3 Å². The summed E-state index contributed by atoms with van der Waals surface area (Å²) in [5.41, 5.74) is 4.37. The predicted molar refractivity (Wildman–Crippen MR) is 90.5 cm³/mol. The van der Waals surface area contributed by atoms with E-state index in [4.69, 9.17) is 11.6 Å². The van der Waals surface area contributed by atoms with Crippen molar-refractivity contribution in [3.63, 3.8) is 0 Å². The number of aryl methyl sites for hydroxylation is 2. The molecule has 2 aromatic carbocycles. The minimum absolute atomic E-state index is 0.0924. The second-order valence-electron chi connectivity index (χ2n) is 5.25. The van der Waals surface area contributed by atoms with E-state index in [2.05, 4.69) is 47.2 Å². The summed E-state index contributed by atoms with van der Waals surface area (Å²) in [6.45, 7) is 4.14. The van der Waals surface area contributed by atoms with Crippen molar-refractivity contribution >= 4 is 27.5 Å². The number of nitrogens with one attached hydrogen (secondary N) is 1. The molecule has 21 heavy (non-hydrogen) atoms. The maximum Gasteiger partial charge on any atom is 0.123 e. The fraction of sp³-hybridized carbons (Fsp3) is 0.294. The maximum absolute atomic E-state index is 13.4. The van der Waals surface area contributed by atoms with E-state index in [-0.39, 0.29) is 11.9 Å². The average Bonchev–Trinajstić information content (AvgIpc) is 2.45. The lowest BCUT2D eigenvalue weighted by molar-refractivity contribution is 0.583.